The lowest BCUT2D eigenvalue weighted by molar-refractivity contribution is -0.167. The van der Waals surface area contributed by atoms with Crippen molar-refractivity contribution in [1.82, 2.24) is 0 Å². The summed E-state index contributed by atoms with van der Waals surface area (Å²) in [6, 6.07) is 0. The number of hydrogen-bond donors (Lipinski definition) is 0. The molecule has 6 nitrogen and oxygen atoms in total. The van der Waals surface area contributed by atoms with E-state index in [1.165, 1.54) is 180 Å². The van der Waals surface area contributed by atoms with Gasteiger partial charge < -0.3 is 14.2 Å². The first-order valence-corrected chi connectivity index (χ1v) is 26.2. The van der Waals surface area contributed by atoms with Gasteiger partial charge in [-0.15, -0.1) is 0 Å². The number of rotatable bonds is 47. The summed E-state index contributed by atoms with van der Waals surface area (Å²) in [7, 11) is 0. The zero-order valence-corrected chi connectivity index (χ0v) is 40.4. The Morgan fingerprint density at radius 2 is 0.559 bits per heavy atom. The number of unbranched alkanes of at least 4 members (excludes halogenated alkanes) is 32. The van der Waals surface area contributed by atoms with Gasteiger partial charge in [0.1, 0.15) is 13.2 Å². The van der Waals surface area contributed by atoms with Crippen LogP contribution in [0.5, 0.6) is 0 Å². The molecule has 6 heteroatoms. The Labute approximate surface area is 368 Å². The summed E-state index contributed by atoms with van der Waals surface area (Å²) in [5.74, 6) is 0.814. The molecule has 0 heterocycles. The first-order chi connectivity index (χ1) is 28.7. The Morgan fingerprint density at radius 1 is 0.322 bits per heavy atom. The average molecular weight is 835 g/mol. The van der Waals surface area contributed by atoms with Crippen molar-refractivity contribution in [3.05, 3.63) is 0 Å². The third kappa shape index (κ3) is 47.3. The molecule has 0 bridgehead atoms. The second-order valence-electron chi connectivity index (χ2n) is 19.1. The van der Waals surface area contributed by atoms with Crippen LogP contribution in [0.1, 0.15) is 291 Å². The van der Waals surface area contributed by atoms with E-state index in [9.17, 15) is 14.4 Å². The van der Waals surface area contributed by atoms with Gasteiger partial charge in [0.15, 0.2) is 6.10 Å². The minimum Gasteiger partial charge on any atom is -0.462 e. The number of carbonyl (C=O) groups is 3. The molecule has 0 unspecified atom stereocenters. The van der Waals surface area contributed by atoms with Gasteiger partial charge in [-0.3, -0.25) is 14.4 Å². The van der Waals surface area contributed by atoms with Gasteiger partial charge in [-0.05, 0) is 31.1 Å². The maximum atomic E-state index is 12.8. The summed E-state index contributed by atoms with van der Waals surface area (Å²) in [5.41, 5.74) is 0. The molecule has 0 radical (unpaired) electrons. The highest BCUT2D eigenvalue weighted by atomic mass is 16.6. The number of hydrogen-bond acceptors (Lipinski definition) is 6. The van der Waals surface area contributed by atoms with Crippen LogP contribution >= 0.6 is 0 Å². The van der Waals surface area contributed by atoms with Crippen molar-refractivity contribution >= 4 is 17.9 Å². The second kappa shape index (κ2) is 45.9. The minimum atomic E-state index is -0.761. The SMILES string of the molecule is CCCCCCCCCCCCCC(=O)OC[C@@H](COC(=O)CCCCCCCCCCCCC(C)C)OC(=O)CCCCCCCCCCCCCCCCC(C)C. The second-order valence-corrected chi connectivity index (χ2v) is 19.1. The first kappa shape index (κ1) is 57.4. The third-order valence-electron chi connectivity index (χ3n) is 12.0. The molecule has 0 aromatic rings. The zero-order valence-electron chi connectivity index (χ0n) is 40.4. The summed E-state index contributed by atoms with van der Waals surface area (Å²) in [5, 5.41) is 0. The average Bonchev–Trinajstić information content (AvgIpc) is 3.20. The molecule has 0 amide bonds. The van der Waals surface area contributed by atoms with E-state index in [2.05, 4.69) is 34.6 Å². The molecule has 0 fully saturated rings. The van der Waals surface area contributed by atoms with Gasteiger partial charge in [0.25, 0.3) is 0 Å². The normalized spacial score (nSPS) is 12.1. The minimum absolute atomic E-state index is 0.0636. The van der Waals surface area contributed by atoms with E-state index in [1.54, 1.807) is 0 Å². The summed E-state index contributed by atoms with van der Waals surface area (Å²) < 4.78 is 16.8. The molecular weight excluding hydrogens is 733 g/mol. The van der Waals surface area contributed by atoms with Crippen LogP contribution in [0.4, 0.5) is 0 Å². The molecule has 0 saturated heterocycles. The predicted octanol–water partition coefficient (Wildman–Crippen LogP) is 16.9. The van der Waals surface area contributed by atoms with E-state index in [0.717, 1.165) is 69.6 Å². The van der Waals surface area contributed by atoms with E-state index in [1.807, 2.05) is 0 Å². The molecule has 59 heavy (non-hydrogen) atoms. The lowest BCUT2D eigenvalue weighted by atomic mass is 10.0. The van der Waals surface area contributed by atoms with E-state index < -0.39 is 6.10 Å². The molecule has 0 aliphatic heterocycles. The van der Waals surface area contributed by atoms with E-state index in [4.69, 9.17) is 14.2 Å². The van der Waals surface area contributed by atoms with Crippen molar-refractivity contribution in [3.8, 4) is 0 Å². The van der Waals surface area contributed by atoms with E-state index in [0.29, 0.717) is 19.3 Å². The van der Waals surface area contributed by atoms with Crippen LogP contribution in [0, 0.1) is 11.8 Å². The molecule has 0 saturated carbocycles. The van der Waals surface area contributed by atoms with Crippen LogP contribution < -0.4 is 0 Å². The fourth-order valence-corrected chi connectivity index (χ4v) is 7.99. The lowest BCUT2D eigenvalue weighted by Gasteiger charge is -2.18. The van der Waals surface area contributed by atoms with Crippen LogP contribution in [0.15, 0.2) is 0 Å². The maximum Gasteiger partial charge on any atom is 0.306 e. The smallest absolute Gasteiger partial charge is 0.306 e. The van der Waals surface area contributed by atoms with Gasteiger partial charge >= 0.3 is 17.9 Å². The topological polar surface area (TPSA) is 78.9 Å². The van der Waals surface area contributed by atoms with Crippen LogP contribution in [0.2, 0.25) is 0 Å². The standard InChI is InChI=1S/C53H102O6/c1-6-7-8-9-10-11-16-23-28-33-38-43-51(54)57-46-50(47-58-52(55)44-39-34-29-24-20-19-22-27-32-37-42-49(4)5)59-53(56)45-40-35-30-25-18-15-13-12-14-17-21-26-31-36-41-48(2)3/h48-50H,6-47H2,1-5H3/t50-/m0/s1. The summed E-state index contributed by atoms with van der Waals surface area (Å²) in [6.45, 7) is 11.4. The molecule has 0 aromatic heterocycles. The molecule has 1 atom stereocenters. The summed E-state index contributed by atoms with van der Waals surface area (Å²) in [4.78, 5) is 37.9. The van der Waals surface area contributed by atoms with Crippen molar-refractivity contribution in [1.29, 1.82) is 0 Å². The third-order valence-corrected chi connectivity index (χ3v) is 12.0. The highest BCUT2D eigenvalue weighted by Gasteiger charge is 2.19. The van der Waals surface area contributed by atoms with Crippen molar-refractivity contribution in [3.63, 3.8) is 0 Å². The molecule has 0 N–H and O–H groups in total. The van der Waals surface area contributed by atoms with Gasteiger partial charge in [-0.25, -0.2) is 0 Å². The van der Waals surface area contributed by atoms with Crippen molar-refractivity contribution in [2.45, 2.75) is 298 Å². The van der Waals surface area contributed by atoms with Gasteiger partial charge in [0.05, 0.1) is 0 Å². The molecule has 0 spiro atoms. The van der Waals surface area contributed by atoms with Crippen molar-refractivity contribution < 1.29 is 28.6 Å². The highest BCUT2D eigenvalue weighted by Crippen LogP contribution is 2.17. The van der Waals surface area contributed by atoms with E-state index >= 15 is 0 Å². The van der Waals surface area contributed by atoms with E-state index in [-0.39, 0.29) is 31.1 Å². The van der Waals surface area contributed by atoms with Gasteiger partial charge in [-0.2, -0.15) is 0 Å². The highest BCUT2D eigenvalue weighted by molar-refractivity contribution is 5.71. The van der Waals surface area contributed by atoms with Crippen molar-refractivity contribution in [2.75, 3.05) is 13.2 Å². The van der Waals surface area contributed by atoms with Gasteiger partial charge in [0.2, 0.25) is 0 Å². The monoisotopic (exact) mass is 835 g/mol. The zero-order chi connectivity index (χ0) is 43.3. The molecule has 0 rings (SSSR count). The Kier molecular flexibility index (Phi) is 44.7. The Bertz CT molecular complexity index is 900. The van der Waals surface area contributed by atoms with Gasteiger partial charge in [-0.1, -0.05) is 253 Å². The predicted molar refractivity (Wildman–Crippen MR) is 252 cm³/mol. The molecular formula is C53H102O6. The van der Waals surface area contributed by atoms with Crippen LogP contribution in [-0.4, -0.2) is 37.2 Å². The van der Waals surface area contributed by atoms with Crippen LogP contribution in [-0.2, 0) is 28.6 Å². The first-order valence-electron chi connectivity index (χ1n) is 26.2. The van der Waals surface area contributed by atoms with Crippen molar-refractivity contribution in [2.24, 2.45) is 11.8 Å². The summed E-state index contributed by atoms with van der Waals surface area (Å²) in [6.07, 6.45) is 46.6. The Balaban J connectivity index is 4.29. The Hall–Kier alpha value is -1.59. The fourth-order valence-electron chi connectivity index (χ4n) is 7.99. The molecule has 350 valence electrons. The van der Waals surface area contributed by atoms with Gasteiger partial charge in [0, 0.05) is 19.3 Å². The molecule has 0 aromatic carbocycles. The maximum absolute atomic E-state index is 12.8. The Morgan fingerprint density at radius 3 is 0.831 bits per heavy atom. The molecule has 0 aliphatic rings. The largest absolute Gasteiger partial charge is 0.462 e. The summed E-state index contributed by atoms with van der Waals surface area (Å²) >= 11 is 0. The number of carbonyl (C=O) groups excluding carboxylic acids is 3. The van der Waals surface area contributed by atoms with Crippen LogP contribution in [0.3, 0.4) is 0 Å². The number of ether oxygens (including phenoxy) is 3. The lowest BCUT2D eigenvalue weighted by Crippen LogP contribution is -2.30. The fraction of sp³-hybridized carbons (Fsp3) is 0.943. The molecule has 0 aliphatic carbocycles. The quantitative estimate of drug-likeness (QED) is 0.0345. The van der Waals surface area contributed by atoms with Crippen LogP contribution in [0.25, 0.3) is 0 Å². The number of esters is 3.